The Morgan fingerprint density at radius 1 is 1.24 bits per heavy atom. The molecular formula is C22H23F3N6O3. The van der Waals surface area contributed by atoms with Crippen LogP contribution in [0, 0.1) is 0 Å². The maximum Gasteiger partial charge on any atom is 0.453 e. The van der Waals surface area contributed by atoms with E-state index in [0.717, 1.165) is 5.56 Å². The van der Waals surface area contributed by atoms with Crippen molar-refractivity contribution in [3.63, 3.8) is 0 Å². The second-order valence-electron chi connectivity index (χ2n) is 7.93. The number of amides is 1. The molecule has 0 radical (unpaired) electrons. The van der Waals surface area contributed by atoms with Crippen LogP contribution in [0.25, 0.3) is 5.69 Å². The number of halogens is 3. The van der Waals surface area contributed by atoms with Gasteiger partial charge in [-0.15, -0.1) is 5.10 Å². The molecule has 3 aromatic rings. The van der Waals surface area contributed by atoms with E-state index in [4.69, 9.17) is 4.74 Å². The standard InChI is InChI=1S/C22H23F3N6O3/c1-34-19-8-7-16(31-20(22(23,24)25)27-28-29-31)11-15(19)12-26-18-9-10-30(21(32)33)13-17(18)14-5-3-2-4-6-14/h2-8,11,17-18,26H,9-10,12-13H2,1H3,(H,32,33)/t17-,18+/m0/s1. The SMILES string of the molecule is COc1ccc(-n2nnnc2C(F)(F)F)cc1CN[C@@H]1CCN(C(=O)O)C[C@H]1c1ccccc1. The van der Waals surface area contributed by atoms with Crippen molar-refractivity contribution in [2.75, 3.05) is 20.2 Å². The zero-order valence-corrected chi connectivity index (χ0v) is 18.2. The van der Waals surface area contributed by atoms with Gasteiger partial charge in [-0.3, -0.25) is 0 Å². The molecular weight excluding hydrogens is 453 g/mol. The number of alkyl halides is 3. The number of methoxy groups -OCH3 is 1. The van der Waals surface area contributed by atoms with E-state index in [1.54, 1.807) is 12.1 Å². The van der Waals surface area contributed by atoms with Gasteiger partial charge in [0.15, 0.2) is 0 Å². The topological polar surface area (TPSA) is 105 Å². The first-order valence-electron chi connectivity index (χ1n) is 10.6. The Morgan fingerprint density at radius 2 is 2.00 bits per heavy atom. The molecule has 2 aromatic carbocycles. The summed E-state index contributed by atoms with van der Waals surface area (Å²) in [6, 6.07) is 14.1. The summed E-state index contributed by atoms with van der Waals surface area (Å²) in [6.07, 6.45) is -5.09. The van der Waals surface area contributed by atoms with Crippen molar-refractivity contribution in [2.45, 2.75) is 31.1 Å². The number of carboxylic acid groups (broad SMARTS) is 1. The van der Waals surface area contributed by atoms with E-state index < -0.39 is 18.1 Å². The first kappa shape index (κ1) is 23.5. The number of hydrogen-bond acceptors (Lipinski definition) is 6. The number of carbonyl (C=O) groups is 1. The van der Waals surface area contributed by atoms with Crippen molar-refractivity contribution >= 4 is 6.09 Å². The first-order chi connectivity index (χ1) is 16.3. The molecule has 0 spiro atoms. The molecule has 1 saturated heterocycles. The number of likely N-dealkylation sites (tertiary alicyclic amines) is 1. The number of nitrogens with one attached hydrogen (secondary N) is 1. The molecule has 1 fully saturated rings. The van der Waals surface area contributed by atoms with Crippen LogP contribution in [0.1, 0.15) is 29.3 Å². The van der Waals surface area contributed by atoms with Crippen molar-refractivity contribution in [1.82, 2.24) is 30.4 Å². The predicted molar refractivity (Wildman–Crippen MR) is 115 cm³/mol. The van der Waals surface area contributed by atoms with Gasteiger partial charge < -0.3 is 20.1 Å². The lowest BCUT2D eigenvalue weighted by Gasteiger charge is -2.38. The van der Waals surface area contributed by atoms with Crippen LogP contribution < -0.4 is 10.1 Å². The van der Waals surface area contributed by atoms with Crippen molar-refractivity contribution in [3.05, 3.63) is 65.5 Å². The van der Waals surface area contributed by atoms with Crippen LogP contribution in [0.3, 0.4) is 0 Å². The van der Waals surface area contributed by atoms with Gasteiger partial charge in [-0.2, -0.15) is 17.9 Å². The van der Waals surface area contributed by atoms with Crippen LogP contribution in [0.5, 0.6) is 5.75 Å². The van der Waals surface area contributed by atoms with Crippen LogP contribution in [0.15, 0.2) is 48.5 Å². The van der Waals surface area contributed by atoms with E-state index in [-0.39, 0.29) is 17.6 Å². The Hall–Kier alpha value is -3.67. The third kappa shape index (κ3) is 4.96. The number of tetrazole rings is 1. The molecule has 4 rings (SSSR count). The Balaban J connectivity index is 1.58. The largest absolute Gasteiger partial charge is 0.496 e. The molecule has 1 amide bonds. The highest BCUT2D eigenvalue weighted by molar-refractivity contribution is 5.65. The number of hydrogen-bond donors (Lipinski definition) is 2. The molecule has 12 heteroatoms. The quantitative estimate of drug-likeness (QED) is 0.562. The van der Waals surface area contributed by atoms with E-state index in [0.29, 0.717) is 42.0 Å². The van der Waals surface area contributed by atoms with Crippen molar-refractivity contribution in [1.29, 1.82) is 0 Å². The molecule has 1 aliphatic rings. The van der Waals surface area contributed by atoms with Gasteiger partial charge in [0.2, 0.25) is 0 Å². The summed E-state index contributed by atoms with van der Waals surface area (Å²) in [5, 5.41) is 22.7. The highest BCUT2D eigenvalue weighted by Crippen LogP contribution is 2.31. The Labute approximate surface area is 193 Å². The first-order valence-corrected chi connectivity index (χ1v) is 10.6. The van der Waals surface area contributed by atoms with Gasteiger partial charge in [0.05, 0.1) is 12.8 Å². The molecule has 0 aliphatic carbocycles. The highest BCUT2D eigenvalue weighted by atomic mass is 19.4. The fourth-order valence-corrected chi connectivity index (χ4v) is 4.22. The lowest BCUT2D eigenvalue weighted by molar-refractivity contribution is -0.146. The molecule has 1 aliphatic heterocycles. The Kier molecular flexibility index (Phi) is 6.68. The molecule has 2 N–H and O–H groups in total. The average Bonchev–Trinajstić information content (AvgIpc) is 3.34. The summed E-state index contributed by atoms with van der Waals surface area (Å²) in [5.41, 5.74) is 1.78. The van der Waals surface area contributed by atoms with Crippen LogP contribution in [-0.4, -0.2) is 62.5 Å². The Bertz CT molecular complexity index is 1140. The molecule has 180 valence electrons. The number of rotatable bonds is 6. The number of nitrogens with zero attached hydrogens (tertiary/aromatic N) is 5. The molecule has 0 bridgehead atoms. The maximum absolute atomic E-state index is 13.3. The van der Waals surface area contributed by atoms with Gasteiger partial charge >= 0.3 is 12.3 Å². The van der Waals surface area contributed by atoms with Gasteiger partial charge in [0.1, 0.15) is 5.75 Å². The molecule has 1 aromatic heterocycles. The van der Waals surface area contributed by atoms with Gasteiger partial charge in [-0.05, 0) is 40.6 Å². The number of ether oxygens (including phenoxy) is 1. The zero-order valence-electron chi connectivity index (χ0n) is 18.2. The van der Waals surface area contributed by atoms with E-state index >= 15 is 0 Å². The van der Waals surface area contributed by atoms with Crippen molar-refractivity contribution in [2.24, 2.45) is 0 Å². The molecule has 0 saturated carbocycles. The lowest BCUT2D eigenvalue weighted by atomic mass is 9.86. The maximum atomic E-state index is 13.3. The van der Waals surface area contributed by atoms with Gasteiger partial charge in [-0.25, -0.2) is 4.79 Å². The van der Waals surface area contributed by atoms with Crippen LogP contribution in [-0.2, 0) is 12.7 Å². The highest BCUT2D eigenvalue weighted by Gasteiger charge is 2.38. The monoisotopic (exact) mass is 476 g/mol. The smallest absolute Gasteiger partial charge is 0.453 e. The van der Waals surface area contributed by atoms with Gasteiger partial charge in [-0.1, -0.05) is 30.3 Å². The van der Waals surface area contributed by atoms with Crippen molar-refractivity contribution in [3.8, 4) is 11.4 Å². The normalized spacial score (nSPS) is 18.6. The molecule has 0 unspecified atom stereocenters. The van der Waals surface area contributed by atoms with Crippen LogP contribution >= 0.6 is 0 Å². The number of aromatic nitrogens is 4. The third-order valence-electron chi connectivity index (χ3n) is 5.90. The molecule has 9 nitrogen and oxygen atoms in total. The summed E-state index contributed by atoms with van der Waals surface area (Å²) in [5.74, 6) is -0.810. The van der Waals surface area contributed by atoms with E-state index in [1.165, 1.54) is 18.1 Å². The third-order valence-corrected chi connectivity index (χ3v) is 5.90. The average molecular weight is 476 g/mol. The second kappa shape index (κ2) is 9.67. The fraction of sp³-hybridized carbons (Fsp3) is 0.364. The summed E-state index contributed by atoms with van der Waals surface area (Å²) in [6.45, 7) is 1.02. The minimum absolute atomic E-state index is 0.0508. The van der Waals surface area contributed by atoms with Gasteiger partial charge in [0.25, 0.3) is 5.82 Å². The Morgan fingerprint density at radius 3 is 2.68 bits per heavy atom. The number of piperidine rings is 1. The summed E-state index contributed by atoms with van der Waals surface area (Å²) in [4.78, 5) is 12.9. The molecule has 2 atom stereocenters. The van der Waals surface area contributed by atoms with Crippen molar-refractivity contribution < 1.29 is 27.8 Å². The summed E-state index contributed by atoms with van der Waals surface area (Å²) >= 11 is 0. The van der Waals surface area contributed by atoms with Gasteiger partial charge in [0, 0.05) is 37.2 Å². The van der Waals surface area contributed by atoms with Crippen LogP contribution in [0.4, 0.5) is 18.0 Å². The molecule has 2 heterocycles. The molecule has 34 heavy (non-hydrogen) atoms. The lowest BCUT2D eigenvalue weighted by Crippen LogP contribution is -2.49. The predicted octanol–water partition coefficient (Wildman–Crippen LogP) is 3.32. The van der Waals surface area contributed by atoms with E-state index in [1.807, 2.05) is 30.3 Å². The summed E-state index contributed by atoms with van der Waals surface area (Å²) < 4.78 is 45.8. The summed E-state index contributed by atoms with van der Waals surface area (Å²) in [7, 11) is 1.48. The van der Waals surface area contributed by atoms with Crippen LogP contribution in [0.2, 0.25) is 0 Å². The van der Waals surface area contributed by atoms with E-state index in [2.05, 4.69) is 20.8 Å². The van der Waals surface area contributed by atoms with E-state index in [9.17, 15) is 23.1 Å². The second-order valence-corrected chi connectivity index (χ2v) is 7.93. The minimum atomic E-state index is -4.71. The number of benzene rings is 2. The fourth-order valence-electron chi connectivity index (χ4n) is 4.22. The zero-order chi connectivity index (χ0) is 24.3. The minimum Gasteiger partial charge on any atom is -0.496 e.